The Kier molecular flexibility index (Phi) is 6.87. The Morgan fingerprint density at radius 3 is 2.76 bits per heavy atom. The average molecular weight is 585 g/mol. The van der Waals surface area contributed by atoms with Gasteiger partial charge in [0.05, 0.1) is 18.2 Å². The number of alkyl halides is 1. The number of hydrogen-bond acceptors (Lipinski definition) is 6. The van der Waals surface area contributed by atoms with Crippen molar-refractivity contribution in [3.05, 3.63) is 35.2 Å². The molecule has 2 fully saturated rings. The number of carboxylic acid groups (broad SMARTS) is 1. The van der Waals surface area contributed by atoms with E-state index in [1.54, 1.807) is 0 Å². The van der Waals surface area contributed by atoms with Gasteiger partial charge in [-0.25, -0.2) is 18.8 Å². The highest BCUT2D eigenvalue weighted by Gasteiger charge is 2.59. The molecule has 2 aliphatic carbocycles. The molecule has 182 valence electrons. The molecule has 0 unspecified atom stereocenters. The highest BCUT2D eigenvalue weighted by Crippen LogP contribution is 2.59. The average Bonchev–Trinajstić information content (AvgIpc) is 3.49. The predicted molar refractivity (Wildman–Crippen MR) is 133 cm³/mol. The number of nitrogen functional groups attached to an aromatic ring is 1. The number of anilines is 1. The minimum atomic E-state index is -0.941. The lowest BCUT2D eigenvalue weighted by Crippen LogP contribution is -2.45. The number of halogens is 3. The number of carboxylic acids is 1. The Hall–Kier alpha value is -2.64. The van der Waals surface area contributed by atoms with E-state index in [0.29, 0.717) is 24.8 Å². The minimum Gasteiger partial charge on any atom is -0.481 e. The Morgan fingerprint density at radius 2 is 2.15 bits per heavy atom. The smallest absolute Gasteiger partial charge is 0.309 e. The first-order valence-electron chi connectivity index (χ1n) is 11.1. The number of amidine groups is 2. The van der Waals surface area contributed by atoms with E-state index in [1.807, 2.05) is 6.92 Å². The van der Waals surface area contributed by atoms with Crippen LogP contribution in [0.2, 0.25) is 0 Å². The van der Waals surface area contributed by atoms with Crippen molar-refractivity contribution in [3.63, 3.8) is 0 Å². The molecule has 34 heavy (non-hydrogen) atoms. The molecule has 0 bridgehead atoms. The van der Waals surface area contributed by atoms with Gasteiger partial charge in [-0.1, -0.05) is 35.9 Å². The molecule has 1 aromatic heterocycles. The van der Waals surface area contributed by atoms with Gasteiger partial charge in [0, 0.05) is 22.5 Å². The number of nitrogens with zero attached hydrogens (tertiary/aromatic N) is 3. The van der Waals surface area contributed by atoms with E-state index in [0.717, 1.165) is 18.7 Å². The summed E-state index contributed by atoms with van der Waals surface area (Å²) >= 11 is 2.24. The summed E-state index contributed by atoms with van der Waals surface area (Å²) in [6.07, 6.45) is 2.71. The normalized spacial score (nSPS) is 31.2. The van der Waals surface area contributed by atoms with Crippen LogP contribution in [-0.4, -0.2) is 50.0 Å². The van der Waals surface area contributed by atoms with Gasteiger partial charge in [0.15, 0.2) is 11.7 Å². The summed E-state index contributed by atoms with van der Waals surface area (Å²) < 4.78 is 28.2. The van der Waals surface area contributed by atoms with Crippen molar-refractivity contribution in [2.45, 2.75) is 36.2 Å². The summed E-state index contributed by atoms with van der Waals surface area (Å²) in [5.74, 6) is -2.76. The van der Waals surface area contributed by atoms with Crippen LogP contribution in [0.5, 0.6) is 0 Å². The number of aliphatic carboxylic acids is 1. The molecule has 2 heterocycles. The maximum atomic E-state index is 14.6. The van der Waals surface area contributed by atoms with Gasteiger partial charge < -0.3 is 21.9 Å². The number of pyridine rings is 1. The third kappa shape index (κ3) is 4.51. The van der Waals surface area contributed by atoms with Gasteiger partial charge in [-0.15, -0.1) is 0 Å². The maximum absolute atomic E-state index is 14.6. The lowest BCUT2D eigenvalue weighted by Gasteiger charge is -2.36. The van der Waals surface area contributed by atoms with Gasteiger partial charge in [-0.05, 0) is 30.2 Å². The number of fused-ring (bicyclic) bond motifs is 1. The van der Waals surface area contributed by atoms with E-state index < -0.39 is 35.3 Å². The monoisotopic (exact) mass is 585 g/mol. The SMILES string of the molecule is CC[C@H]1[C@@H]2C[C@@H]2[C@@H](I)[C@H](N=C(N=C(N)C(=N)c2cc(F)cnc2N)C2=C(F)CCN2)[C@H]1C(=O)O. The fourth-order valence-corrected chi connectivity index (χ4v) is 6.50. The van der Waals surface area contributed by atoms with Crippen molar-refractivity contribution in [1.82, 2.24) is 10.3 Å². The second-order valence-corrected chi connectivity index (χ2v) is 10.2. The number of aromatic nitrogens is 1. The molecule has 0 aromatic carbocycles. The topological polar surface area (TPSA) is 163 Å². The van der Waals surface area contributed by atoms with Crippen molar-refractivity contribution in [3.8, 4) is 0 Å². The molecule has 7 N–H and O–H groups in total. The van der Waals surface area contributed by atoms with Crippen molar-refractivity contribution in [2.24, 2.45) is 39.4 Å². The molecule has 6 atom stereocenters. The predicted octanol–water partition coefficient (Wildman–Crippen LogP) is 2.65. The van der Waals surface area contributed by atoms with Crippen molar-refractivity contribution in [2.75, 3.05) is 12.3 Å². The lowest BCUT2D eigenvalue weighted by atomic mass is 9.74. The molecule has 1 aromatic rings. The van der Waals surface area contributed by atoms with Crippen LogP contribution in [0, 0.1) is 34.9 Å². The number of hydrogen-bond donors (Lipinski definition) is 5. The van der Waals surface area contributed by atoms with Crippen LogP contribution in [0.15, 0.2) is 33.8 Å². The Bertz CT molecular complexity index is 1120. The van der Waals surface area contributed by atoms with Crippen LogP contribution >= 0.6 is 22.6 Å². The van der Waals surface area contributed by atoms with E-state index >= 15 is 0 Å². The largest absolute Gasteiger partial charge is 0.481 e. The van der Waals surface area contributed by atoms with Gasteiger partial charge in [0.25, 0.3) is 0 Å². The summed E-state index contributed by atoms with van der Waals surface area (Å²) in [5, 5.41) is 21.3. The summed E-state index contributed by atoms with van der Waals surface area (Å²) in [5.41, 5.74) is 11.4. The summed E-state index contributed by atoms with van der Waals surface area (Å²) in [6.45, 7) is 2.30. The zero-order chi connectivity index (χ0) is 24.7. The molecule has 0 radical (unpaired) electrons. The first kappa shape index (κ1) is 24.5. The molecule has 4 rings (SSSR count). The third-order valence-electron chi connectivity index (χ3n) is 6.81. The number of aliphatic imine (C=N–C) groups is 2. The Morgan fingerprint density at radius 1 is 1.41 bits per heavy atom. The highest BCUT2D eigenvalue weighted by atomic mass is 127. The zero-order valence-corrected chi connectivity index (χ0v) is 20.6. The van der Waals surface area contributed by atoms with Gasteiger partial charge in [-0.3, -0.25) is 15.2 Å². The molecule has 2 saturated carbocycles. The molecule has 9 nitrogen and oxygen atoms in total. The summed E-state index contributed by atoms with van der Waals surface area (Å²) in [4.78, 5) is 24.8. The molecular weight excluding hydrogens is 559 g/mol. The van der Waals surface area contributed by atoms with E-state index in [9.17, 15) is 18.7 Å². The summed E-state index contributed by atoms with van der Waals surface area (Å²) in [6, 6.07) is 0.371. The molecular formula is C22H26F2IN7O2. The third-order valence-corrected chi connectivity index (χ3v) is 8.47. The second-order valence-electron chi connectivity index (χ2n) is 8.80. The van der Waals surface area contributed by atoms with Crippen molar-refractivity contribution in [1.29, 1.82) is 5.41 Å². The first-order valence-corrected chi connectivity index (χ1v) is 12.3. The minimum absolute atomic E-state index is 0.0276. The van der Waals surface area contributed by atoms with Crippen molar-refractivity contribution < 1.29 is 18.7 Å². The Balaban J connectivity index is 1.77. The second kappa shape index (κ2) is 9.55. The van der Waals surface area contributed by atoms with E-state index in [2.05, 4.69) is 42.9 Å². The summed E-state index contributed by atoms with van der Waals surface area (Å²) in [7, 11) is 0. The molecule has 0 amide bonds. The lowest BCUT2D eigenvalue weighted by molar-refractivity contribution is -0.145. The fourth-order valence-electron chi connectivity index (χ4n) is 5.07. The highest BCUT2D eigenvalue weighted by molar-refractivity contribution is 14.1. The molecule has 0 saturated heterocycles. The Labute approximate surface area is 208 Å². The molecule has 12 heteroatoms. The van der Waals surface area contributed by atoms with Gasteiger partial charge in [0.2, 0.25) is 0 Å². The van der Waals surface area contributed by atoms with Gasteiger partial charge in [0.1, 0.15) is 28.9 Å². The van der Waals surface area contributed by atoms with Crippen LogP contribution in [-0.2, 0) is 4.79 Å². The van der Waals surface area contributed by atoms with Crippen LogP contribution in [0.4, 0.5) is 14.6 Å². The number of nitrogens with one attached hydrogen (secondary N) is 2. The van der Waals surface area contributed by atoms with Crippen molar-refractivity contribution >= 4 is 51.8 Å². The quantitative estimate of drug-likeness (QED) is 0.149. The molecule has 1 aliphatic heterocycles. The van der Waals surface area contributed by atoms with Crippen LogP contribution in [0.3, 0.4) is 0 Å². The maximum Gasteiger partial charge on any atom is 0.309 e. The number of nitrogens with two attached hydrogens (primary N) is 2. The van der Waals surface area contributed by atoms with Crippen LogP contribution in [0.25, 0.3) is 0 Å². The van der Waals surface area contributed by atoms with Crippen LogP contribution < -0.4 is 16.8 Å². The molecule has 3 aliphatic rings. The van der Waals surface area contributed by atoms with E-state index in [4.69, 9.17) is 16.9 Å². The zero-order valence-electron chi connectivity index (χ0n) is 18.4. The number of rotatable bonds is 6. The first-order chi connectivity index (χ1) is 16.1. The van der Waals surface area contributed by atoms with E-state index in [-0.39, 0.29) is 45.0 Å². The van der Waals surface area contributed by atoms with Gasteiger partial charge >= 0.3 is 5.97 Å². The van der Waals surface area contributed by atoms with E-state index in [1.165, 1.54) is 0 Å². The standard InChI is InChI=1S/C22H26F2IN7O2/c1-2-9-10-6-11(10)15(25)18(14(9)22(33)34)31-21(17-13(24)3-4-29-17)32-20(28)16(26)12-5-8(23)7-30-19(12)27/h5,7,9-11,14-15,18,26,29H,2-4,6H2,1H3,(H2,27,30)(H,33,34)(H2,28,31,32)/t9-,10-,11-,14-,15+,18+/m0/s1. The molecule has 0 spiro atoms. The van der Waals surface area contributed by atoms with Crippen LogP contribution in [0.1, 0.15) is 31.7 Å². The van der Waals surface area contributed by atoms with Gasteiger partial charge in [-0.2, -0.15) is 0 Å². The number of carbonyl (C=O) groups is 1. The fraction of sp³-hybridized carbons (Fsp3) is 0.500.